The van der Waals surface area contributed by atoms with Crippen molar-refractivity contribution in [3.8, 4) is 6.07 Å². The molecular weight excluding hydrogens is 272 g/mol. The molecule has 2 aromatic rings. The fourth-order valence-electron chi connectivity index (χ4n) is 3.27. The Balaban J connectivity index is 1.52. The number of aromatic nitrogens is 2. The van der Waals surface area contributed by atoms with E-state index in [1.54, 1.807) is 0 Å². The molecule has 4 heteroatoms. The van der Waals surface area contributed by atoms with Crippen LogP contribution < -0.4 is 0 Å². The summed E-state index contributed by atoms with van der Waals surface area (Å²) in [5.41, 5.74) is 0.883. The molecule has 0 N–H and O–H groups in total. The van der Waals surface area contributed by atoms with Crippen LogP contribution in [0.4, 0.5) is 0 Å². The number of hydrogen-bond acceptors (Lipinski definition) is 3. The summed E-state index contributed by atoms with van der Waals surface area (Å²) < 4.78 is 1.98. The number of aryl methyl sites for hydroxylation is 1. The van der Waals surface area contributed by atoms with Crippen molar-refractivity contribution in [1.29, 1.82) is 5.26 Å². The average molecular weight is 294 g/mol. The summed E-state index contributed by atoms with van der Waals surface area (Å²) in [5, 5.41) is 13.9. The number of benzene rings is 1. The van der Waals surface area contributed by atoms with E-state index in [-0.39, 0.29) is 5.41 Å². The first kappa shape index (κ1) is 14.8. The van der Waals surface area contributed by atoms with Gasteiger partial charge >= 0.3 is 0 Å². The lowest BCUT2D eigenvalue weighted by atomic mass is 9.74. The molecule has 0 amide bonds. The summed E-state index contributed by atoms with van der Waals surface area (Å²) >= 11 is 0. The smallest absolute Gasteiger partial charge is 0.0846 e. The highest BCUT2D eigenvalue weighted by Gasteiger charge is 2.36. The number of likely N-dealkylation sites (tertiary alicyclic amines) is 1. The summed E-state index contributed by atoms with van der Waals surface area (Å²) in [6, 6.07) is 14.8. The van der Waals surface area contributed by atoms with Crippen molar-refractivity contribution < 1.29 is 0 Å². The summed E-state index contributed by atoms with van der Waals surface area (Å²) in [6.45, 7) is 4.05. The molecule has 1 saturated heterocycles. The molecule has 0 spiro atoms. The predicted molar refractivity (Wildman–Crippen MR) is 86.3 cm³/mol. The molecule has 2 heterocycles. The van der Waals surface area contributed by atoms with Gasteiger partial charge in [0.1, 0.15) is 0 Å². The van der Waals surface area contributed by atoms with E-state index in [0.717, 1.165) is 45.4 Å². The SMILES string of the molecule is N#CC1(c2ccccc2)CCN(CCCn2cccn2)CC1. The highest BCUT2D eigenvalue weighted by Crippen LogP contribution is 2.34. The monoisotopic (exact) mass is 294 g/mol. The largest absolute Gasteiger partial charge is 0.303 e. The lowest BCUT2D eigenvalue weighted by Gasteiger charge is -2.37. The van der Waals surface area contributed by atoms with Crippen LogP contribution in [-0.2, 0) is 12.0 Å². The molecule has 3 rings (SSSR count). The normalized spacial score (nSPS) is 18.0. The van der Waals surface area contributed by atoms with Gasteiger partial charge in [0.25, 0.3) is 0 Å². The van der Waals surface area contributed by atoms with E-state index < -0.39 is 0 Å². The van der Waals surface area contributed by atoms with Crippen molar-refractivity contribution in [2.24, 2.45) is 0 Å². The Labute approximate surface area is 132 Å². The molecule has 0 aliphatic carbocycles. The van der Waals surface area contributed by atoms with Gasteiger partial charge in [0, 0.05) is 18.9 Å². The lowest BCUT2D eigenvalue weighted by Crippen LogP contribution is -2.42. The molecule has 0 radical (unpaired) electrons. The third kappa shape index (κ3) is 3.20. The van der Waals surface area contributed by atoms with Crippen LogP contribution in [0.15, 0.2) is 48.8 Å². The number of piperidine rings is 1. The van der Waals surface area contributed by atoms with Gasteiger partial charge in [-0.15, -0.1) is 0 Å². The summed E-state index contributed by atoms with van der Waals surface area (Å²) in [5.74, 6) is 0. The Kier molecular flexibility index (Phi) is 4.55. The molecule has 114 valence electrons. The van der Waals surface area contributed by atoms with Crippen LogP contribution in [0.5, 0.6) is 0 Å². The van der Waals surface area contributed by atoms with Gasteiger partial charge in [-0.3, -0.25) is 4.68 Å². The van der Waals surface area contributed by atoms with Crippen LogP contribution >= 0.6 is 0 Å². The molecule has 0 atom stereocenters. The van der Waals surface area contributed by atoms with Crippen LogP contribution in [-0.4, -0.2) is 34.3 Å². The van der Waals surface area contributed by atoms with E-state index in [4.69, 9.17) is 0 Å². The Morgan fingerprint density at radius 2 is 1.86 bits per heavy atom. The van der Waals surface area contributed by atoms with Crippen molar-refractivity contribution in [2.45, 2.75) is 31.2 Å². The lowest BCUT2D eigenvalue weighted by molar-refractivity contribution is 0.181. The molecule has 1 aromatic heterocycles. The van der Waals surface area contributed by atoms with Gasteiger partial charge in [-0.1, -0.05) is 30.3 Å². The first-order chi connectivity index (χ1) is 10.8. The van der Waals surface area contributed by atoms with Crippen LogP contribution in [0.2, 0.25) is 0 Å². The molecule has 0 unspecified atom stereocenters. The van der Waals surface area contributed by atoms with E-state index in [0.29, 0.717) is 0 Å². The molecule has 22 heavy (non-hydrogen) atoms. The van der Waals surface area contributed by atoms with Crippen molar-refractivity contribution in [2.75, 3.05) is 19.6 Å². The van der Waals surface area contributed by atoms with Gasteiger partial charge in [-0.2, -0.15) is 10.4 Å². The molecule has 1 aliphatic rings. The minimum atomic E-state index is -0.292. The predicted octanol–water partition coefficient (Wildman–Crippen LogP) is 2.83. The van der Waals surface area contributed by atoms with E-state index in [1.165, 1.54) is 5.56 Å². The highest BCUT2D eigenvalue weighted by atomic mass is 15.3. The summed E-state index contributed by atoms with van der Waals surface area (Å²) in [7, 11) is 0. The maximum absolute atomic E-state index is 9.70. The van der Waals surface area contributed by atoms with E-state index in [1.807, 2.05) is 41.3 Å². The molecule has 1 aromatic carbocycles. The van der Waals surface area contributed by atoms with Crippen molar-refractivity contribution in [3.05, 3.63) is 54.4 Å². The standard InChI is InChI=1S/C18H22N4/c19-16-18(17-6-2-1-3-7-17)8-14-21(15-9-18)11-5-13-22-12-4-10-20-22/h1-4,6-7,10,12H,5,8-9,11,13-15H2. The summed E-state index contributed by atoms with van der Waals surface area (Å²) in [6.07, 6.45) is 6.78. The van der Waals surface area contributed by atoms with Crippen LogP contribution in [0.1, 0.15) is 24.8 Å². The fraction of sp³-hybridized carbons (Fsp3) is 0.444. The topological polar surface area (TPSA) is 44.9 Å². The number of nitriles is 1. The Bertz CT molecular complexity index is 604. The van der Waals surface area contributed by atoms with Gasteiger partial charge in [0.05, 0.1) is 11.5 Å². The van der Waals surface area contributed by atoms with Crippen molar-refractivity contribution in [1.82, 2.24) is 14.7 Å². The highest BCUT2D eigenvalue weighted by molar-refractivity contribution is 5.33. The van der Waals surface area contributed by atoms with Gasteiger partial charge in [-0.25, -0.2) is 0 Å². The molecular formula is C18H22N4. The second-order valence-corrected chi connectivity index (χ2v) is 6.02. The second kappa shape index (κ2) is 6.76. The maximum Gasteiger partial charge on any atom is 0.0846 e. The molecule has 0 saturated carbocycles. The zero-order valence-electron chi connectivity index (χ0n) is 12.9. The van der Waals surface area contributed by atoms with Crippen molar-refractivity contribution in [3.63, 3.8) is 0 Å². The van der Waals surface area contributed by atoms with Gasteiger partial charge in [0.15, 0.2) is 0 Å². The third-order valence-corrected chi connectivity index (χ3v) is 4.67. The zero-order valence-corrected chi connectivity index (χ0v) is 12.9. The maximum atomic E-state index is 9.70. The molecule has 0 bridgehead atoms. The first-order valence-electron chi connectivity index (χ1n) is 7.99. The molecule has 1 aliphatic heterocycles. The van der Waals surface area contributed by atoms with Crippen LogP contribution in [0.25, 0.3) is 0 Å². The number of nitrogens with zero attached hydrogens (tertiary/aromatic N) is 4. The van der Waals surface area contributed by atoms with E-state index in [9.17, 15) is 5.26 Å². The Morgan fingerprint density at radius 1 is 1.09 bits per heavy atom. The third-order valence-electron chi connectivity index (χ3n) is 4.67. The summed E-state index contributed by atoms with van der Waals surface area (Å²) in [4.78, 5) is 2.47. The average Bonchev–Trinajstić information content (AvgIpc) is 3.10. The minimum Gasteiger partial charge on any atom is -0.303 e. The number of rotatable bonds is 5. The Hall–Kier alpha value is -2.12. The minimum absolute atomic E-state index is 0.292. The van der Waals surface area contributed by atoms with Crippen LogP contribution in [0, 0.1) is 11.3 Å². The second-order valence-electron chi connectivity index (χ2n) is 6.02. The molecule has 1 fully saturated rings. The fourth-order valence-corrected chi connectivity index (χ4v) is 3.27. The van der Waals surface area contributed by atoms with Crippen molar-refractivity contribution >= 4 is 0 Å². The van der Waals surface area contributed by atoms with E-state index >= 15 is 0 Å². The Morgan fingerprint density at radius 3 is 2.50 bits per heavy atom. The van der Waals surface area contributed by atoms with Gasteiger partial charge in [-0.05, 0) is 50.5 Å². The quantitative estimate of drug-likeness (QED) is 0.852. The van der Waals surface area contributed by atoms with Gasteiger partial charge in [0.2, 0.25) is 0 Å². The first-order valence-corrected chi connectivity index (χ1v) is 7.99. The van der Waals surface area contributed by atoms with Gasteiger partial charge < -0.3 is 4.90 Å². The van der Waals surface area contributed by atoms with E-state index in [2.05, 4.69) is 28.2 Å². The molecule has 4 nitrogen and oxygen atoms in total. The number of hydrogen-bond donors (Lipinski definition) is 0. The van der Waals surface area contributed by atoms with Crippen LogP contribution in [0.3, 0.4) is 0 Å². The zero-order chi connectivity index (χ0) is 15.3.